The van der Waals surface area contributed by atoms with Crippen LogP contribution in [0.5, 0.6) is 0 Å². The van der Waals surface area contributed by atoms with E-state index in [0.29, 0.717) is 5.91 Å². The number of hydrogen-bond donors (Lipinski definition) is 0. The van der Waals surface area contributed by atoms with E-state index in [1.807, 2.05) is 12.1 Å². The van der Waals surface area contributed by atoms with E-state index >= 15 is 0 Å². The van der Waals surface area contributed by atoms with Crippen molar-refractivity contribution in [3.05, 3.63) is 71.8 Å². The number of carbonyl (C=O) groups excluding carboxylic acids is 1. The third-order valence-electron chi connectivity index (χ3n) is 6.01. The van der Waals surface area contributed by atoms with Crippen LogP contribution in [0.15, 0.2) is 60.7 Å². The second kappa shape index (κ2) is 6.64. The Morgan fingerprint density at radius 2 is 1.64 bits per heavy atom. The van der Waals surface area contributed by atoms with Gasteiger partial charge in [-0.1, -0.05) is 60.7 Å². The molecule has 0 N–H and O–H groups in total. The van der Waals surface area contributed by atoms with E-state index < -0.39 is 0 Å². The Labute approximate surface area is 150 Å². The minimum atomic E-state index is -0.279. The molecule has 4 rings (SSSR count). The molecule has 0 aliphatic carbocycles. The van der Waals surface area contributed by atoms with E-state index in [0.717, 1.165) is 38.9 Å². The van der Waals surface area contributed by atoms with Crippen molar-refractivity contribution in [1.82, 2.24) is 9.80 Å². The molecule has 25 heavy (non-hydrogen) atoms. The van der Waals surface area contributed by atoms with Gasteiger partial charge in [-0.15, -0.1) is 0 Å². The molecule has 2 aromatic rings. The molecule has 0 aromatic heterocycles. The number of carbonyl (C=O) groups is 1. The summed E-state index contributed by atoms with van der Waals surface area (Å²) in [6.45, 7) is 4.91. The van der Waals surface area contributed by atoms with Crippen molar-refractivity contribution in [1.29, 1.82) is 0 Å². The van der Waals surface area contributed by atoms with Crippen LogP contribution in [0.25, 0.3) is 0 Å². The Kier molecular flexibility index (Phi) is 4.34. The Hall–Kier alpha value is -2.13. The first-order chi connectivity index (χ1) is 12.2. The number of rotatable bonds is 4. The van der Waals surface area contributed by atoms with Crippen LogP contribution in [0.3, 0.4) is 0 Å². The van der Waals surface area contributed by atoms with Gasteiger partial charge < -0.3 is 4.90 Å². The van der Waals surface area contributed by atoms with Gasteiger partial charge in [-0.05, 0) is 43.9 Å². The van der Waals surface area contributed by atoms with Gasteiger partial charge in [0.15, 0.2) is 0 Å². The maximum atomic E-state index is 13.4. The van der Waals surface area contributed by atoms with Crippen LogP contribution < -0.4 is 0 Å². The number of nitrogens with zero attached hydrogens (tertiary/aromatic N) is 2. The Morgan fingerprint density at radius 3 is 2.36 bits per heavy atom. The monoisotopic (exact) mass is 334 g/mol. The average Bonchev–Trinajstić information content (AvgIpc) is 3.21. The van der Waals surface area contributed by atoms with E-state index in [1.165, 1.54) is 11.1 Å². The van der Waals surface area contributed by atoms with Crippen molar-refractivity contribution in [2.24, 2.45) is 0 Å². The molecule has 2 aliphatic rings. The van der Waals surface area contributed by atoms with Crippen LogP contribution in [-0.4, -0.2) is 34.3 Å². The fraction of sp³-hybridized carbons (Fsp3) is 0.409. The molecule has 2 aromatic carbocycles. The maximum Gasteiger partial charge on any atom is 0.243 e. The summed E-state index contributed by atoms with van der Waals surface area (Å²) in [4.78, 5) is 18.0. The molecule has 2 unspecified atom stereocenters. The summed E-state index contributed by atoms with van der Waals surface area (Å²) >= 11 is 0. The third kappa shape index (κ3) is 2.87. The van der Waals surface area contributed by atoms with Crippen LogP contribution in [0.1, 0.15) is 43.4 Å². The number of benzene rings is 2. The van der Waals surface area contributed by atoms with Crippen molar-refractivity contribution in [3.63, 3.8) is 0 Å². The molecule has 2 aliphatic heterocycles. The quantitative estimate of drug-likeness (QED) is 0.843. The van der Waals surface area contributed by atoms with Crippen molar-refractivity contribution < 1.29 is 4.79 Å². The van der Waals surface area contributed by atoms with E-state index in [-0.39, 0.29) is 11.6 Å². The predicted octanol–water partition coefficient (Wildman–Crippen LogP) is 4.01. The van der Waals surface area contributed by atoms with Gasteiger partial charge in [0.1, 0.15) is 5.54 Å². The highest BCUT2D eigenvalue weighted by molar-refractivity contribution is 5.89. The Bertz CT molecular complexity index is 730. The molecule has 2 fully saturated rings. The van der Waals surface area contributed by atoms with E-state index in [9.17, 15) is 4.79 Å². The second-order valence-corrected chi connectivity index (χ2v) is 7.38. The fourth-order valence-electron chi connectivity index (χ4n) is 4.56. The molecule has 2 saturated heterocycles. The average molecular weight is 334 g/mol. The largest absolute Gasteiger partial charge is 0.334 e. The fourth-order valence-corrected chi connectivity index (χ4v) is 4.56. The van der Waals surface area contributed by atoms with E-state index in [4.69, 9.17) is 0 Å². The highest BCUT2D eigenvalue weighted by Gasteiger charge is 2.53. The lowest BCUT2D eigenvalue weighted by atomic mass is 9.93. The topological polar surface area (TPSA) is 23.6 Å². The predicted molar refractivity (Wildman–Crippen MR) is 100 cm³/mol. The lowest BCUT2D eigenvalue weighted by molar-refractivity contribution is -0.138. The lowest BCUT2D eigenvalue weighted by Gasteiger charge is -2.34. The number of likely N-dealkylation sites (tertiary alicyclic amines) is 2. The third-order valence-corrected chi connectivity index (χ3v) is 6.01. The highest BCUT2D eigenvalue weighted by Crippen LogP contribution is 2.42. The van der Waals surface area contributed by atoms with E-state index in [1.54, 1.807) is 0 Å². The molecular formula is C22H26N2O. The van der Waals surface area contributed by atoms with Crippen LogP contribution in [0.4, 0.5) is 0 Å². The number of hydrogen-bond acceptors (Lipinski definition) is 2. The molecule has 3 heteroatoms. The summed E-state index contributed by atoms with van der Waals surface area (Å²) in [5, 5.41) is 0. The maximum absolute atomic E-state index is 13.4. The second-order valence-electron chi connectivity index (χ2n) is 7.38. The Morgan fingerprint density at radius 1 is 0.960 bits per heavy atom. The first-order valence-corrected chi connectivity index (χ1v) is 9.36. The molecule has 1 spiro atoms. The first-order valence-electron chi connectivity index (χ1n) is 9.36. The Balaban J connectivity index is 1.55. The SMILES string of the molecule is CC(c1ccccc1)N1CCC2(CCCN2Cc2ccccc2)C1=O. The normalized spacial score (nSPS) is 25.0. The van der Waals surface area contributed by atoms with Gasteiger partial charge in [0.25, 0.3) is 0 Å². The summed E-state index contributed by atoms with van der Waals surface area (Å²) in [5.74, 6) is 0.331. The van der Waals surface area contributed by atoms with Gasteiger partial charge in [0.2, 0.25) is 5.91 Å². The summed E-state index contributed by atoms with van der Waals surface area (Å²) in [6, 6.07) is 21.1. The van der Waals surface area contributed by atoms with Crippen LogP contribution in [-0.2, 0) is 11.3 Å². The van der Waals surface area contributed by atoms with Gasteiger partial charge in [-0.25, -0.2) is 0 Å². The first kappa shape index (κ1) is 16.3. The molecule has 0 saturated carbocycles. The highest BCUT2D eigenvalue weighted by atomic mass is 16.2. The zero-order valence-electron chi connectivity index (χ0n) is 14.9. The van der Waals surface area contributed by atoms with E-state index in [2.05, 4.69) is 65.3 Å². The van der Waals surface area contributed by atoms with Crippen LogP contribution >= 0.6 is 0 Å². The minimum absolute atomic E-state index is 0.146. The molecule has 130 valence electrons. The molecule has 2 atom stereocenters. The molecule has 3 nitrogen and oxygen atoms in total. The van der Waals surface area contributed by atoms with Crippen molar-refractivity contribution in [2.75, 3.05) is 13.1 Å². The molecule has 0 radical (unpaired) electrons. The summed E-state index contributed by atoms with van der Waals surface area (Å²) in [7, 11) is 0. The summed E-state index contributed by atoms with van der Waals surface area (Å²) in [5.41, 5.74) is 2.24. The van der Waals surface area contributed by atoms with Crippen LogP contribution in [0.2, 0.25) is 0 Å². The van der Waals surface area contributed by atoms with Gasteiger partial charge in [0.05, 0.1) is 6.04 Å². The van der Waals surface area contributed by atoms with Gasteiger partial charge in [0, 0.05) is 13.1 Å². The molecule has 1 amide bonds. The minimum Gasteiger partial charge on any atom is -0.334 e. The number of amides is 1. The summed E-state index contributed by atoms with van der Waals surface area (Å²) in [6.07, 6.45) is 3.07. The van der Waals surface area contributed by atoms with Gasteiger partial charge >= 0.3 is 0 Å². The standard InChI is InChI=1S/C22H26N2O/c1-18(20-11-6-3-7-12-20)24-16-14-22(21(24)25)13-8-15-23(22)17-19-9-4-2-5-10-19/h2-7,9-12,18H,8,13-17H2,1H3. The zero-order chi connectivity index (χ0) is 17.3. The molecular weight excluding hydrogens is 308 g/mol. The molecule has 0 bridgehead atoms. The zero-order valence-corrected chi connectivity index (χ0v) is 14.9. The smallest absolute Gasteiger partial charge is 0.243 e. The lowest BCUT2D eigenvalue weighted by Crippen LogP contribution is -2.50. The molecule has 2 heterocycles. The van der Waals surface area contributed by atoms with Crippen molar-refractivity contribution in [3.8, 4) is 0 Å². The van der Waals surface area contributed by atoms with Crippen molar-refractivity contribution >= 4 is 5.91 Å². The van der Waals surface area contributed by atoms with Gasteiger partial charge in [-0.3, -0.25) is 9.69 Å². The summed E-state index contributed by atoms with van der Waals surface area (Å²) < 4.78 is 0. The van der Waals surface area contributed by atoms with Crippen LogP contribution in [0, 0.1) is 0 Å². The van der Waals surface area contributed by atoms with Gasteiger partial charge in [-0.2, -0.15) is 0 Å². The van der Waals surface area contributed by atoms with Crippen molar-refractivity contribution in [2.45, 2.75) is 44.3 Å².